The average Bonchev–Trinajstić information content (AvgIpc) is 2.59. The number of anilines is 1. The topological polar surface area (TPSA) is 41.9 Å². The molecule has 0 saturated carbocycles. The van der Waals surface area contributed by atoms with Crippen LogP contribution in [0, 0.1) is 11.7 Å². The molecule has 3 rings (SSSR count). The Labute approximate surface area is 118 Å². The molecule has 2 aliphatic heterocycles. The van der Waals surface area contributed by atoms with Gasteiger partial charge in [-0.15, -0.1) is 0 Å². The zero-order valence-corrected chi connectivity index (χ0v) is 11.7. The Morgan fingerprint density at radius 3 is 3.11 bits per heavy atom. The highest BCUT2D eigenvalue weighted by atomic mass is 79.9. The fraction of sp³-hybridized carbons (Fsp3) is 0.385. The summed E-state index contributed by atoms with van der Waals surface area (Å²) in [7, 11) is 0. The van der Waals surface area contributed by atoms with Crippen LogP contribution in [0.4, 0.5) is 10.1 Å². The van der Waals surface area contributed by atoms with Crippen LogP contribution in [0.2, 0.25) is 0 Å². The van der Waals surface area contributed by atoms with E-state index in [9.17, 15) is 9.18 Å². The normalized spacial score (nSPS) is 23.1. The molecule has 0 radical (unpaired) electrons. The standard InChI is InChI=1S/C13H12BrFN2O2/c14-8-1-2-10(15)12(7-8)17-13(18)9-3-5-19-6-4-11(9)16-17/h1-2,7,9H,3-6H2. The van der Waals surface area contributed by atoms with E-state index in [1.807, 2.05) is 0 Å². The van der Waals surface area contributed by atoms with Crippen LogP contribution in [0.15, 0.2) is 27.8 Å². The summed E-state index contributed by atoms with van der Waals surface area (Å²) in [6, 6.07) is 4.49. The van der Waals surface area contributed by atoms with Gasteiger partial charge in [0.05, 0.1) is 18.2 Å². The Morgan fingerprint density at radius 1 is 1.42 bits per heavy atom. The molecular formula is C13H12BrFN2O2. The molecule has 0 aliphatic carbocycles. The Balaban J connectivity index is 1.98. The van der Waals surface area contributed by atoms with Crippen LogP contribution in [0.5, 0.6) is 0 Å². The van der Waals surface area contributed by atoms with Crippen molar-refractivity contribution in [1.29, 1.82) is 0 Å². The van der Waals surface area contributed by atoms with Gasteiger partial charge in [0.15, 0.2) is 0 Å². The maximum atomic E-state index is 13.8. The van der Waals surface area contributed by atoms with E-state index >= 15 is 0 Å². The van der Waals surface area contributed by atoms with Crippen LogP contribution in [0.1, 0.15) is 12.8 Å². The van der Waals surface area contributed by atoms with Crippen molar-refractivity contribution in [3.05, 3.63) is 28.5 Å². The second-order valence-electron chi connectivity index (χ2n) is 4.54. The quantitative estimate of drug-likeness (QED) is 0.796. The summed E-state index contributed by atoms with van der Waals surface area (Å²) in [5, 5.41) is 5.47. The van der Waals surface area contributed by atoms with Gasteiger partial charge < -0.3 is 4.74 Å². The van der Waals surface area contributed by atoms with Crippen molar-refractivity contribution in [3.63, 3.8) is 0 Å². The summed E-state index contributed by atoms with van der Waals surface area (Å²) in [4.78, 5) is 12.3. The molecule has 100 valence electrons. The first-order valence-corrected chi connectivity index (χ1v) is 6.90. The van der Waals surface area contributed by atoms with E-state index in [1.54, 1.807) is 12.1 Å². The summed E-state index contributed by atoms with van der Waals surface area (Å²) in [6.07, 6.45) is 1.24. The van der Waals surface area contributed by atoms with E-state index in [-0.39, 0.29) is 17.5 Å². The lowest BCUT2D eigenvalue weighted by molar-refractivity contribution is -0.120. The highest BCUT2D eigenvalue weighted by molar-refractivity contribution is 9.10. The summed E-state index contributed by atoms with van der Waals surface area (Å²) < 4.78 is 19.9. The molecule has 0 N–H and O–H groups in total. The third-order valence-corrected chi connectivity index (χ3v) is 3.82. The maximum absolute atomic E-state index is 13.8. The van der Waals surface area contributed by atoms with Gasteiger partial charge in [0.2, 0.25) is 0 Å². The lowest BCUT2D eigenvalue weighted by Crippen LogP contribution is -2.28. The van der Waals surface area contributed by atoms with Crippen molar-refractivity contribution in [1.82, 2.24) is 0 Å². The van der Waals surface area contributed by atoms with Crippen LogP contribution < -0.4 is 5.01 Å². The molecule has 0 bridgehead atoms. The van der Waals surface area contributed by atoms with Crippen molar-refractivity contribution in [2.75, 3.05) is 18.2 Å². The minimum Gasteiger partial charge on any atom is -0.381 e. The molecule has 2 aliphatic rings. The lowest BCUT2D eigenvalue weighted by Gasteiger charge is -2.15. The van der Waals surface area contributed by atoms with Gasteiger partial charge in [-0.05, 0) is 24.6 Å². The molecule has 0 spiro atoms. The molecule has 1 unspecified atom stereocenters. The predicted molar refractivity (Wildman–Crippen MR) is 72.6 cm³/mol. The number of ether oxygens (including phenoxy) is 1. The Hall–Kier alpha value is -1.27. The van der Waals surface area contributed by atoms with Gasteiger partial charge >= 0.3 is 0 Å². The highest BCUT2D eigenvalue weighted by Crippen LogP contribution is 2.31. The molecular weight excluding hydrogens is 315 g/mol. The van der Waals surface area contributed by atoms with E-state index in [2.05, 4.69) is 21.0 Å². The van der Waals surface area contributed by atoms with Gasteiger partial charge in [0.25, 0.3) is 5.91 Å². The van der Waals surface area contributed by atoms with Crippen molar-refractivity contribution in [3.8, 4) is 0 Å². The molecule has 4 nitrogen and oxygen atoms in total. The van der Waals surface area contributed by atoms with Gasteiger partial charge in [-0.25, -0.2) is 4.39 Å². The first-order chi connectivity index (χ1) is 9.16. The molecule has 1 atom stereocenters. The van der Waals surface area contributed by atoms with E-state index in [1.165, 1.54) is 11.1 Å². The third-order valence-electron chi connectivity index (χ3n) is 3.33. The van der Waals surface area contributed by atoms with Gasteiger partial charge in [-0.2, -0.15) is 10.1 Å². The van der Waals surface area contributed by atoms with Crippen LogP contribution in [-0.2, 0) is 9.53 Å². The second kappa shape index (κ2) is 5.02. The number of nitrogens with zero attached hydrogens (tertiary/aromatic N) is 2. The summed E-state index contributed by atoms with van der Waals surface area (Å²) >= 11 is 3.28. The van der Waals surface area contributed by atoms with Crippen LogP contribution in [0.3, 0.4) is 0 Å². The smallest absolute Gasteiger partial charge is 0.256 e. The van der Waals surface area contributed by atoms with Crippen molar-refractivity contribution >= 4 is 33.2 Å². The molecule has 1 aromatic carbocycles. The number of hydrogen-bond acceptors (Lipinski definition) is 3. The number of rotatable bonds is 1. The molecule has 6 heteroatoms. The number of benzene rings is 1. The molecule has 1 fully saturated rings. The second-order valence-corrected chi connectivity index (χ2v) is 5.46. The minimum atomic E-state index is -0.450. The van der Waals surface area contributed by atoms with Gasteiger partial charge in [0.1, 0.15) is 11.5 Å². The summed E-state index contributed by atoms with van der Waals surface area (Å²) in [6.45, 7) is 1.11. The van der Waals surface area contributed by atoms with E-state index in [4.69, 9.17) is 4.74 Å². The molecule has 1 saturated heterocycles. The number of carbonyl (C=O) groups excluding carboxylic acids is 1. The zero-order valence-electron chi connectivity index (χ0n) is 10.1. The molecule has 2 heterocycles. The number of hydrazone groups is 1. The van der Waals surface area contributed by atoms with E-state index < -0.39 is 5.82 Å². The van der Waals surface area contributed by atoms with Gasteiger partial charge in [-0.3, -0.25) is 4.79 Å². The fourth-order valence-electron chi connectivity index (χ4n) is 2.35. The first kappa shape index (κ1) is 12.7. The van der Waals surface area contributed by atoms with Crippen LogP contribution in [-0.4, -0.2) is 24.8 Å². The number of halogens is 2. The molecule has 1 aromatic rings. The molecule has 1 amide bonds. The maximum Gasteiger partial charge on any atom is 0.256 e. The third kappa shape index (κ3) is 2.30. The van der Waals surface area contributed by atoms with Gasteiger partial charge in [0, 0.05) is 17.5 Å². The van der Waals surface area contributed by atoms with E-state index in [0.717, 1.165) is 5.71 Å². The summed E-state index contributed by atoms with van der Waals surface area (Å²) in [5.41, 5.74) is 0.989. The minimum absolute atomic E-state index is 0.169. The SMILES string of the molecule is O=C1C2CCOCCC2=NN1c1cc(Br)ccc1F. The number of hydrogen-bond donors (Lipinski definition) is 0. The van der Waals surface area contributed by atoms with Crippen LogP contribution in [0.25, 0.3) is 0 Å². The Kier molecular flexibility index (Phi) is 3.36. The monoisotopic (exact) mass is 326 g/mol. The number of fused-ring (bicyclic) bond motifs is 1. The first-order valence-electron chi connectivity index (χ1n) is 6.11. The Bertz CT molecular complexity index is 562. The van der Waals surface area contributed by atoms with Gasteiger partial charge in [-0.1, -0.05) is 15.9 Å². The van der Waals surface area contributed by atoms with Crippen LogP contribution >= 0.6 is 15.9 Å². The molecule has 0 aromatic heterocycles. The van der Waals surface area contributed by atoms with Crippen molar-refractivity contribution in [2.24, 2.45) is 11.0 Å². The number of carbonyl (C=O) groups is 1. The number of amides is 1. The van der Waals surface area contributed by atoms with E-state index in [0.29, 0.717) is 30.5 Å². The predicted octanol–water partition coefficient (Wildman–Crippen LogP) is 2.72. The average molecular weight is 327 g/mol. The highest BCUT2D eigenvalue weighted by Gasteiger charge is 2.38. The lowest BCUT2D eigenvalue weighted by atomic mass is 9.99. The fourth-order valence-corrected chi connectivity index (χ4v) is 2.70. The largest absolute Gasteiger partial charge is 0.381 e. The van der Waals surface area contributed by atoms with Crippen molar-refractivity contribution in [2.45, 2.75) is 12.8 Å². The Morgan fingerprint density at radius 2 is 2.26 bits per heavy atom. The zero-order chi connectivity index (χ0) is 13.4. The molecule has 19 heavy (non-hydrogen) atoms. The summed E-state index contributed by atoms with van der Waals surface area (Å²) in [5.74, 6) is -0.882. The van der Waals surface area contributed by atoms with Crippen molar-refractivity contribution < 1.29 is 13.9 Å².